The van der Waals surface area contributed by atoms with Crippen molar-refractivity contribution in [1.29, 1.82) is 5.41 Å². The first-order chi connectivity index (χ1) is 13.6. The highest BCUT2D eigenvalue weighted by molar-refractivity contribution is 6.31. The second-order valence-electron chi connectivity index (χ2n) is 6.84. The molecule has 0 atom stereocenters. The third-order valence-corrected chi connectivity index (χ3v) is 5.04. The molecule has 0 saturated carbocycles. The molecule has 1 fully saturated rings. The largest absolute Gasteiger partial charge is 0.432 e. The Kier molecular flexibility index (Phi) is 8.04. The molecule has 1 aromatic carbocycles. The summed E-state index contributed by atoms with van der Waals surface area (Å²) in [5.74, 6) is -1.53. The first-order valence-corrected chi connectivity index (χ1v) is 9.55. The molecular formula is C19H23ClF4N4O. The third kappa shape index (κ3) is 6.71. The van der Waals surface area contributed by atoms with E-state index in [1.165, 1.54) is 18.2 Å². The first-order valence-electron chi connectivity index (χ1n) is 9.17. The van der Waals surface area contributed by atoms with Crippen molar-refractivity contribution in [2.24, 2.45) is 5.73 Å². The molecule has 1 aliphatic heterocycles. The van der Waals surface area contributed by atoms with Crippen LogP contribution in [0.1, 0.15) is 24.8 Å². The van der Waals surface area contributed by atoms with Gasteiger partial charge in [-0.05, 0) is 44.1 Å². The summed E-state index contributed by atoms with van der Waals surface area (Å²) in [6, 6.07) is 4.07. The second kappa shape index (κ2) is 10.1. The Morgan fingerprint density at radius 2 is 1.93 bits per heavy atom. The van der Waals surface area contributed by atoms with Gasteiger partial charge in [0.1, 0.15) is 11.5 Å². The molecule has 1 aromatic rings. The third-order valence-electron chi connectivity index (χ3n) is 4.68. The number of benzene rings is 1. The molecule has 5 nitrogen and oxygen atoms in total. The molecule has 1 heterocycles. The van der Waals surface area contributed by atoms with E-state index in [1.54, 1.807) is 0 Å². The van der Waals surface area contributed by atoms with Gasteiger partial charge < -0.3 is 15.5 Å². The van der Waals surface area contributed by atoms with Crippen LogP contribution in [0.15, 0.2) is 30.0 Å². The molecule has 0 unspecified atom stereocenters. The molecule has 29 heavy (non-hydrogen) atoms. The van der Waals surface area contributed by atoms with Gasteiger partial charge in [-0.3, -0.25) is 10.2 Å². The summed E-state index contributed by atoms with van der Waals surface area (Å²) < 4.78 is 52.0. The molecule has 0 aromatic heterocycles. The number of amides is 1. The van der Waals surface area contributed by atoms with Crippen LogP contribution in [0.4, 0.5) is 17.6 Å². The summed E-state index contributed by atoms with van der Waals surface area (Å²) in [6.45, 7) is 2.07. The quantitative estimate of drug-likeness (QED) is 0.390. The number of allylic oxidation sites excluding steroid dienone is 1. The van der Waals surface area contributed by atoms with E-state index in [0.29, 0.717) is 6.54 Å². The number of nitrogens with zero attached hydrogens (tertiary/aromatic N) is 2. The van der Waals surface area contributed by atoms with Crippen molar-refractivity contribution < 1.29 is 22.4 Å². The average molecular weight is 435 g/mol. The second-order valence-corrected chi connectivity index (χ2v) is 7.25. The number of alkyl halides is 3. The zero-order valence-corrected chi connectivity index (χ0v) is 16.5. The fraction of sp³-hybridized carbons (Fsp3) is 0.474. The zero-order chi connectivity index (χ0) is 21.6. The molecule has 0 spiro atoms. The highest BCUT2D eigenvalue weighted by Gasteiger charge is 2.33. The van der Waals surface area contributed by atoms with Crippen LogP contribution in [0.5, 0.6) is 0 Å². The van der Waals surface area contributed by atoms with Crippen molar-refractivity contribution in [3.8, 4) is 0 Å². The summed E-state index contributed by atoms with van der Waals surface area (Å²) in [6.07, 6.45) is -1.47. The molecule has 1 amide bonds. The fourth-order valence-corrected chi connectivity index (χ4v) is 3.28. The van der Waals surface area contributed by atoms with E-state index in [1.807, 2.05) is 0 Å². The van der Waals surface area contributed by atoms with Crippen LogP contribution in [-0.2, 0) is 11.3 Å². The van der Waals surface area contributed by atoms with E-state index in [9.17, 15) is 22.4 Å². The molecule has 0 bridgehead atoms. The lowest BCUT2D eigenvalue weighted by molar-refractivity contribution is -0.128. The molecule has 10 heteroatoms. The van der Waals surface area contributed by atoms with Crippen molar-refractivity contribution >= 4 is 23.2 Å². The van der Waals surface area contributed by atoms with E-state index in [4.69, 9.17) is 22.7 Å². The van der Waals surface area contributed by atoms with Gasteiger partial charge >= 0.3 is 6.18 Å². The molecule has 2 rings (SSSR count). The number of hydrogen-bond donors (Lipinski definition) is 2. The molecular weight excluding hydrogens is 412 g/mol. The van der Waals surface area contributed by atoms with Gasteiger partial charge in [-0.2, -0.15) is 13.2 Å². The van der Waals surface area contributed by atoms with Crippen LogP contribution in [0, 0.1) is 11.2 Å². The maximum absolute atomic E-state index is 14.2. The highest BCUT2D eigenvalue weighted by Crippen LogP contribution is 2.22. The zero-order valence-electron chi connectivity index (χ0n) is 15.7. The van der Waals surface area contributed by atoms with Crippen molar-refractivity contribution in [2.75, 3.05) is 26.2 Å². The van der Waals surface area contributed by atoms with Crippen molar-refractivity contribution in [3.05, 3.63) is 46.4 Å². The van der Waals surface area contributed by atoms with Crippen molar-refractivity contribution in [2.45, 2.75) is 32.0 Å². The Bertz CT molecular complexity index is 756. The fourth-order valence-electron chi connectivity index (χ4n) is 3.05. The molecule has 1 aliphatic rings. The summed E-state index contributed by atoms with van der Waals surface area (Å²) in [5.41, 5.74) is 3.13. The molecule has 0 radical (unpaired) electrons. The number of halogens is 5. The molecule has 160 valence electrons. The van der Waals surface area contributed by atoms with Crippen molar-refractivity contribution in [3.63, 3.8) is 0 Å². The van der Waals surface area contributed by atoms with Crippen LogP contribution in [-0.4, -0.2) is 53.8 Å². The summed E-state index contributed by atoms with van der Waals surface area (Å²) in [5, 5.41) is 7.12. The maximum Gasteiger partial charge on any atom is 0.432 e. The van der Waals surface area contributed by atoms with Gasteiger partial charge in [-0.25, -0.2) is 4.39 Å². The Balaban J connectivity index is 2.21. The van der Waals surface area contributed by atoms with Crippen LogP contribution < -0.4 is 5.73 Å². The smallest absolute Gasteiger partial charge is 0.394 e. The van der Waals surface area contributed by atoms with Gasteiger partial charge in [0, 0.05) is 23.7 Å². The van der Waals surface area contributed by atoms with Gasteiger partial charge in [0.25, 0.3) is 5.91 Å². The Hall–Kier alpha value is -2.13. The van der Waals surface area contributed by atoms with Gasteiger partial charge in [0.05, 0.1) is 12.2 Å². The summed E-state index contributed by atoms with van der Waals surface area (Å²) >= 11 is 6.03. The minimum absolute atomic E-state index is 0.0554. The van der Waals surface area contributed by atoms with Crippen molar-refractivity contribution in [1.82, 2.24) is 9.80 Å². The normalized spacial score (nSPS) is 16.0. The van der Waals surface area contributed by atoms with E-state index in [0.717, 1.165) is 37.3 Å². The van der Waals surface area contributed by atoms with E-state index in [-0.39, 0.29) is 29.8 Å². The predicted molar refractivity (Wildman–Crippen MR) is 103 cm³/mol. The number of nitrogens with two attached hydrogens (primary N) is 1. The predicted octanol–water partition coefficient (Wildman–Crippen LogP) is 3.72. The number of hydrogen-bond acceptors (Lipinski definition) is 4. The van der Waals surface area contributed by atoms with Gasteiger partial charge in [-0.15, -0.1) is 0 Å². The van der Waals surface area contributed by atoms with Gasteiger partial charge in [0.15, 0.2) is 0 Å². The Morgan fingerprint density at radius 1 is 1.28 bits per heavy atom. The minimum atomic E-state index is -4.92. The lowest BCUT2D eigenvalue weighted by Gasteiger charge is -2.30. The average Bonchev–Trinajstić information content (AvgIpc) is 2.66. The number of carbonyl (C=O) groups excluding carboxylic acids is 1. The number of piperidine rings is 1. The van der Waals surface area contributed by atoms with Crippen LogP contribution in [0.3, 0.4) is 0 Å². The van der Waals surface area contributed by atoms with E-state index >= 15 is 0 Å². The van der Waals surface area contributed by atoms with E-state index in [2.05, 4.69) is 4.90 Å². The first kappa shape index (κ1) is 23.2. The van der Waals surface area contributed by atoms with Crippen LogP contribution >= 0.6 is 11.6 Å². The Labute approximate surface area is 171 Å². The number of nitrogens with one attached hydrogen (secondary N) is 1. The monoisotopic (exact) mass is 434 g/mol. The SMILES string of the molecule is N=C(/C=C(\N)C(=O)N(CCN1CCCCC1)Cc1c(F)cccc1Cl)C(F)(F)F. The van der Waals surface area contributed by atoms with Gasteiger partial charge in [-0.1, -0.05) is 24.1 Å². The standard InChI is InChI=1S/C19H23ClF4N4O/c20-14-5-4-6-15(21)13(14)12-28(10-9-27-7-2-1-3-8-27)18(29)16(25)11-17(26)19(22,23)24/h4-6,11,26H,1-3,7-10,12,25H2/b16-11-,26-17?. The van der Waals surface area contributed by atoms with Crippen LogP contribution in [0.25, 0.3) is 0 Å². The summed E-state index contributed by atoms with van der Waals surface area (Å²) in [4.78, 5) is 16.0. The van der Waals surface area contributed by atoms with E-state index < -0.39 is 29.3 Å². The van der Waals surface area contributed by atoms with Gasteiger partial charge in [0.2, 0.25) is 0 Å². The highest BCUT2D eigenvalue weighted by atomic mass is 35.5. The number of likely N-dealkylation sites (tertiary alicyclic amines) is 1. The number of carbonyl (C=O) groups is 1. The maximum atomic E-state index is 14.2. The lowest BCUT2D eigenvalue weighted by Crippen LogP contribution is -2.42. The number of rotatable bonds is 7. The lowest BCUT2D eigenvalue weighted by atomic mass is 10.1. The Morgan fingerprint density at radius 3 is 2.52 bits per heavy atom. The van der Waals surface area contributed by atoms with Crippen LogP contribution in [0.2, 0.25) is 5.02 Å². The topological polar surface area (TPSA) is 73.4 Å². The molecule has 1 saturated heterocycles. The minimum Gasteiger partial charge on any atom is -0.394 e. The summed E-state index contributed by atoms with van der Waals surface area (Å²) in [7, 11) is 0. The molecule has 3 N–H and O–H groups in total. The molecule has 0 aliphatic carbocycles.